The Morgan fingerprint density at radius 2 is 2.00 bits per heavy atom. The van der Waals surface area contributed by atoms with E-state index in [0.717, 1.165) is 18.2 Å². The van der Waals surface area contributed by atoms with E-state index in [0.29, 0.717) is 5.75 Å². The monoisotopic (exact) mass is 519 g/mol. The Morgan fingerprint density at radius 3 is 2.65 bits per heavy atom. The van der Waals surface area contributed by atoms with Crippen molar-refractivity contribution in [2.75, 3.05) is 19.0 Å². The van der Waals surface area contributed by atoms with Gasteiger partial charge in [-0.05, 0) is 27.2 Å². The van der Waals surface area contributed by atoms with Crippen LogP contribution in [0.25, 0.3) is 0 Å². The molecule has 5 atom stereocenters. The lowest BCUT2D eigenvalue weighted by Gasteiger charge is -2.30. The zero-order valence-electron chi connectivity index (χ0n) is 20.2. The van der Waals surface area contributed by atoms with Crippen LogP contribution < -0.4 is 11.2 Å². The quantitative estimate of drug-likeness (QED) is 0.363. The van der Waals surface area contributed by atoms with Crippen LogP contribution in [0.4, 0.5) is 0 Å². The van der Waals surface area contributed by atoms with E-state index in [-0.39, 0.29) is 18.3 Å². The molecule has 2 aliphatic heterocycles. The van der Waals surface area contributed by atoms with Gasteiger partial charge in [0.2, 0.25) is 0 Å². The number of rotatable bonds is 10. The molecule has 34 heavy (non-hydrogen) atoms. The van der Waals surface area contributed by atoms with E-state index >= 15 is 0 Å². The molecule has 0 bridgehead atoms. The molecule has 0 saturated carbocycles. The molecule has 190 valence electrons. The lowest BCUT2D eigenvalue weighted by atomic mass is 9.92. The van der Waals surface area contributed by atoms with Gasteiger partial charge >= 0.3 is 13.9 Å². The zero-order valence-corrected chi connectivity index (χ0v) is 21.9. The van der Waals surface area contributed by atoms with Crippen molar-refractivity contribution in [3.8, 4) is 0 Å². The maximum absolute atomic E-state index is 12.4. The van der Waals surface area contributed by atoms with Gasteiger partial charge in [0.25, 0.3) is 5.56 Å². The standard InChI is InChI=1S/C21H31N2O9PS/c1-7-19(2,3)17(25)34-11-10-28-33(27)29-12-13-15-21(6,32-20(4,5)31-15)16(30-13)23-9-8-14(24)22-18(23)26/h8-9,13,15-16H,7,10-12H2,1-6H3/p+1/t13-,15-,16?,21-/m1/s1. The van der Waals surface area contributed by atoms with Crippen LogP contribution in [0.15, 0.2) is 21.9 Å². The highest BCUT2D eigenvalue weighted by Gasteiger charge is 2.64. The molecule has 2 saturated heterocycles. The van der Waals surface area contributed by atoms with Crippen LogP contribution in [0, 0.1) is 5.41 Å². The Balaban J connectivity index is 1.59. The molecule has 2 aliphatic rings. The predicted octanol–water partition coefficient (Wildman–Crippen LogP) is 2.73. The van der Waals surface area contributed by atoms with E-state index in [1.807, 2.05) is 20.8 Å². The molecule has 0 radical (unpaired) electrons. The molecule has 2 unspecified atom stereocenters. The molecule has 1 aromatic heterocycles. The van der Waals surface area contributed by atoms with E-state index in [1.54, 1.807) is 20.8 Å². The van der Waals surface area contributed by atoms with Gasteiger partial charge in [0, 0.05) is 28.0 Å². The van der Waals surface area contributed by atoms with Gasteiger partial charge in [-0.1, -0.05) is 32.5 Å². The Hall–Kier alpha value is -1.40. The Bertz CT molecular complexity index is 1040. The molecule has 2 fully saturated rings. The van der Waals surface area contributed by atoms with Gasteiger partial charge in [0.15, 0.2) is 17.1 Å². The smallest absolute Gasteiger partial charge is 0.346 e. The van der Waals surface area contributed by atoms with E-state index < -0.39 is 54.7 Å². The minimum atomic E-state index is -2.46. The topological polar surface area (TPSA) is 135 Å². The van der Waals surface area contributed by atoms with Crippen LogP contribution in [0.3, 0.4) is 0 Å². The average Bonchev–Trinajstić information content (AvgIpc) is 3.15. The summed E-state index contributed by atoms with van der Waals surface area (Å²) in [4.78, 5) is 38.2. The van der Waals surface area contributed by atoms with Gasteiger partial charge in [-0.2, -0.15) is 0 Å². The number of hydrogen-bond donors (Lipinski definition) is 1. The molecule has 11 nitrogen and oxygen atoms in total. The molecule has 3 rings (SSSR count). The number of fused-ring (bicyclic) bond motifs is 1. The minimum absolute atomic E-state index is 0.0536. The molecule has 0 aromatic carbocycles. The van der Waals surface area contributed by atoms with Gasteiger partial charge in [-0.15, -0.1) is 9.05 Å². The summed E-state index contributed by atoms with van der Waals surface area (Å²) in [7, 11) is -2.46. The van der Waals surface area contributed by atoms with Crippen molar-refractivity contribution in [1.29, 1.82) is 0 Å². The number of H-pyrrole nitrogens is 1. The summed E-state index contributed by atoms with van der Waals surface area (Å²) in [6.45, 7) is 10.9. The zero-order chi connectivity index (χ0) is 25.3. The van der Waals surface area contributed by atoms with Crippen LogP contribution >= 0.6 is 20.0 Å². The van der Waals surface area contributed by atoms with Crippen LogP contribution in [-0.2, 0) is 32.6 Å². The summed E-state index contributed by atoms with van der Waals surface area (Å²) < 4.78 is 42.2. The van der Waals surface area contributed by atoms with Crippen molar-refractivity contribution in [2.45, 2.75) is 77.8 Å². The first kappa shape index (κ1) is 27.2. The van der Waals surface area contributed by atoms with Gasteiger partial charge in [0.05, 0.1) is 0 Å². The van der Waals surface area contributed by atoms with Gasteiger partial charge in [0.1, 0.15) is 31.0 Å². The summed E-state index contributed by atoms with van der Waals surface area (Å²) in [5, 5.41) is 0.0536. The molecule has 3 heterocycles. The fourth-order valence-corrected chi connectivity index (χ4v) is 5.47. The summed E-state index contributed by atoms with van der Waals surface area (Å²) in [6, 6.07) is 1.21. The molecule has 1 N–H and O–H groups in total. The predicted molar refractivity (Wildman–Crippen MR) is 125 cm³/mol. The number of carbonyl (C=O) groups is 1. The van der Waals surface area contributed by atoms with Gasteiger partial charge in [-0.3, -0.25) is 19.1 Å². The minimum Gasteiger partial charge on any atom is -0.346 e. The van der Waals surface area contributed by atoms with Gasteiger partial charge in [-0.25, -0.2) is 4.79 Å². The number of nitrogens with zero attached hydrogens (tertiary/aromatic N) is 1. The maximum atomic E-state index is 12.4. The molecular weight excluding hydrogens is 487 g/mol. The first-order valence-corrected chi connectivity index (χ1v) is 13.1. The summed E-state index contributed by atoms with van der Waals surface area (Å²) in [6.07, 6.45) is -0.221. The molecule has 0 spiro atoms. The van der Waals surface area contributed by atoms with Crippen LogP contribution in [0.5, 0.6) is 0 Å². The summed E-state index contributed by atoms with van der Waals surface area (Å²) in [5.41, 5.74) is -2.68. The second-order valence-electron chi connectivity index (χ2n) is 9.49. The lowest BCUT2D eigenvalue weighted by molar-refractivity contribution is -0.217. The highest BCUT2D eigenvalue weighted by Crippen LogP contribution is 2.50. The number of nitrogens with one attached hydrogen (secondary N) is 1. The Morgan fingerprint density at radius 1 is 1.29 bits per heavy atom. The number of carbonyl (C=O) groups excluding carboxylic acids is 1. The highest BCUT2D eigenvalue weighted by atomic mass is 32.2. The summed E-state index contributed by atoms with van der Waals surface area (Å²) in [5.74, 6) is -0.601. The molecule has 0 amide bonds. The fraction of sp³-hybridized carbons (Fsp3) is 0.762. The Labute approximate surface area is 202 Å². The first-order chi connectivity index (χ1) is 15.8. The summed E-state index contributed by atoms with van der Waals surface area (Å²) >= 11 is 1.14. The number of hydrogen-bond acceptors (Lipinski definition) is 10. The largest absolute Gasteiger partial charge is 0.697 e. The molecule has 1 aromatic rings. The number of thioether (sulfide) groups is 1. The van der Waals surface area contributed by atoms with Gasteiger partial charge < -0.3 is 14.2 Å². The SMILES string of the molecule is CCC(C)(C)C(=O)SCCO[P+](=O)OC[C@H]1OC(n2ccc(=O)[nH]c2=O)[C@]2(C)OC(C)(C)O[C@H]12. The second-order valence-corrected chi connectivity index (χ2v) is 11.5. The van der Waals surface area contributed by atoms with Crippen molar-refractivity contribution in [1.82, 2.24) is 9.55 Å². The molecule has 13 heteroatoms. The van der Waals surface area contributed by atoms with Crippen molar-refractivity contribution in [2.24, 2.45) is 5.41 Å². The van der Waals surface area contributed by atoms with Crippen LogP contribution in [0.1, 0.15) is 54.2 Å². The third kappa shape index (κ3) is 5.87. The lowest BCUT2D eigenvalue weighted by Crippen LogP contribution is -2.45. The second kappa shape index (κ2) is 10.3. The number of ether oxygens (including phenoxy) is 3. The maximum Gasteiger partial charge on any atom is 0.697 e. The Kier molecular flexibility index (Phi) is 8.24. The highest BCUT2D eigenvalue weighted by molar-refractivity contribution is 8.13. The van der Waals surface area contributed by atoms with Crippen LogP contribution in [0.2, 0.25) is 0 Å². The third-order valence-corrected chi connectivity index (χ3v) is 7.91. The van der Waals surface area contributed by atoms with E-state index in [9.17, 15) is 18.9 Å². The van der Waals surface area contributed by atoms with Crippen LogP contribution in [-0.4, -0.2) is 57.2 Å². The van der Waals surface area contributed by atoms with Crippen molar-refractivity contribution >= 4 is 25.1 Å². The van der Waals surface area contributed by atoms with E-state index in [4.69, 9.17) is 23.3 Å². The average molecular weight is 520 g/mol. The normalized spacial score (nSPS) is 28.6. The van der Waals surface area contributed by atoms with Crippen molar-refractivity contribution in [3.63, 3.8) is 0 Å². The number of aromatic nitrogens is 2. The van der Waals surface area contributed by atoms with E-state index in [2.05, 4.69) is 4.98 Å². The van der Waals surface area contributed by atoms with Crippen molar-refractivity contribution < 1.29 is 32.6 Å². The van der Waals surface area contributed by atoms with Crippen molar-refractivity contribution in [3.05, 3.63) is 33.1 Å². The molecular formula is C21H32N2O9PS+. The van der Waals surface area contributed by atoms with E-state index in [1.165, 1.54) is 16.8 Å². The molecule has 0 aliphatic carbocycles. The fourth-order valence-electron chi connectivity index (χ4n) is 3.88. The third-order valence-electron chi connectivity index (χ3n) is 5.97. The first-order valence-electron chi connectivity index (χ1n) is 11.0. The number of aromatic amines is 1.